The molecule has 0 aliphatic rings. The number of nitrogens with zero attached hydrogens (tertiary/aromatic N) is 1. The maximum Gasteiger partial charge on any atom is 0.123 e. The van der Waals surface area contributed by atoms with Gasteiger partial charge in [0.1, 0.15) is 10.8 Å². The minimum Gasteiger partial charge on any atom is -0.550 e. The number of carbonyl (C=O) groups is 1. The standard InChI is InChI=1S/C16H20N2O3S/c1-18(2)8-3-9-21-14-6-4-12(5-7-14)16-17-13(11-22-16)10-15(19)20/h4-7,11H,3,8-10H2,1-2H3,(H,19,20). The molecule has 5 nitrogen and oxygen atoms in total. The van der Waals surface area contributed by atoms with Crippen molar-refractivity contribution in [1.82, 2.24) is 4.98 Å². The Morgan fingerprint density at radius 1 is 1.32 bits per heavy atom. The van der Waals surface area contributed by atoms with Crippen molar-refractivity contribution in [1.29, 1.82) is 0 Å². The number of thiazole rings is 1. The average molecular weight is 320 g/mol. The molecule has 118 valence electrons. The predicted octanol–water partition coefficient (Wildman–Crippen LogP) is 0.0159. The number of rotatable bonds is 8. The number of quaternary nitrogens is 1. The average Bonchev–Trinajstić information content (AvgIpc) is 2.92. The lowest BCUT2D eigenvalue weighted by Gasteiger charge is -2.09. The van der Waals surface area contributed by atoms with Crippen LogP contribution in [0.15, 0.2) is 29.6 Å². The lowest BCUT2D eigenvalue weighted by atomic mass is 10.2. The lowest BCUT2D eigenvalue weighted by molar-refractivity contribution is -0.858. The second-order valence-corrected chi connectivity index (χ2v) is 6.23. The molecular formula is C16H20N2O3S. The van der Waals surface area contributed by atoms with E-state index in [-0.39, 0.29) is 6.42 Å². The molecule has 0 aliphatic heterocycles. The van der Waals surface area contributed by atoms with E-state index in [9.17, 15) is 9.90 Å². The van der Waals surface area contributed by atoms with E-state index in [1.807, 2.05) is 24.3 Å². The molecule has 1 aromatic heterocycles. The second kappa shape index (κ2) is 7.91. The fourth-order valence-corrected chi connectivity index (χ4v) is 2.80. The normalized spacial score (nSPS) is 10.9. The number of ether oxygens (including phenoxy) is 1. The van der Waals surface area contributed by atoms with Crippen LogP contribution >= 0.6 is 11.3 Å². The molecule has 1 heterocycles. The van der Waals surface area contributed by atoms with Crippen LogP contribution in [0.5, 0.6) is 5.75 Å². The van der Waals surface area contributed by atoms with Crippen LogP contribution in [0.4, 0.5) is 0 Å². The minimum atomic E-state index is -1.11. The highest BCUT2D eigenvalue weighted by molar-refractivity contribution is 7.13. The Hall–Kier alpha value is -1.92. The number of nitrogens with one attached hydrogen (secondary N) is 1. The molecule has 6 heteroatoms. The summed E-state index contributed by atoms with van der Waals surface area (Å²) in [7, 11) is 4.25. The van der Waals surface area contributed by atoms with E-state index in [2.05, 4.69) is 19.1 Å². The number of hydrogen-bond acceptors (Lipinski definition) is 5. The quantitative estimate of drug-likeness (QED) is 0.696. The Bertz CT molecular complexity index is 608. The van der Waals surface area contributed by atoms with Gasteiger partial charge in [0.05, 0.1) is 32.9 Å². The number of carboxylic acids is 1. The molecule has 0 radical (unpaired) electrons. The van der Waals surface area contributed by atoms with Crippen LogP contribution in [-0.2, 0) is 11.2 Å². The highest BCUT2D eigenvalue weighted by atomic mass is 32.1. The molecule has 0 saturated heterocycles. The van der Waals surface area contributed by atoms with Gasteiger partial charge in [-0.05, 0) is 24.3 Å². The van der Waals surface area contributed by atoms with Crippen molar-refractivity contribution < 1.29 is 19.5 Å². The van der Waals surface area contributed by atoms with Crippen molar-refractivity contribution in [3.63, 3.8) is 0 Å². The molecule has 1 aromatic carbocycles. The van der Waals surface area contributed by atoms with E-state index in [0.717, 1.165) is 29.3 Å². The third kappa shape index (κ3) is 5.13. The van der Waals surface area contributed by atoms with Crippen LogP contribution in [0.2, 0.25) is 0 Å². The Labute approximate surface area is 134 Å². The number of aromatic nitrogens is 1. The van der Waals surface area contributed by atoms with Gasteiger partial charge in [0, 0.05) is 29.8 Å². The smallest absolute Gasteiger partial charge is 0.123 e. The van der Waals surface area contributed by atoms with Crippen LogP contribution in [0, 0.1) is 0 Å². The summed E-state index contributed by atoms with van der Waals surface area (Å²) in [6.07, 6.45) is 0.870. The summed E-state index contributed by atoms with van der Waals surface area (Å²) in [5, 5.41) is 13.1. The first-order valence-corrected chi connectivity index (χ1v) is 8.09. The third-order valence-electron chi connectivity index (χ3n) is 3.07. The molecule has 2 aromatic rings. The second-order valence-electron chi connectivity index (χ2n) is 5.38. The number of hydrogen-bond donors (Lipinski definition) is 1. The number of carboxylic acid groups (broad SMARTS) is 1. The summed E-state index contributed by atoms with van der Waals surface area (Å²) in [5.41, 5.74) is 1.49. The van der Waals surface area contributed by atoms with E-state index in [4.69, 9.17) is 4.74 Å². The third-order valence-corrected chi connectivity index (χ3v) is 4.01. The topological polar surface area (TPSA) is 66.7 Å². The SMILES string of the molecule is C[NH+](C)CCCOc1ccc(-c2nc(CC(=O)[O-])cs2)cc1. The molecule has 0 unspecified atom stereocenters. The molecule has 0 amide bonds. The number of carbonyl (C=O) groups excluding carboxylic acids is 1. The highest BCUT2D eigenvalue weighted by Gasteiger charge is 2.05. The van der Waals surface area contributed by atoms with Crippen molar-refractivity contribution in [3.05, 3.63) is 35.3 Å². The van der Waals surface area contributed by atoms with Crippen molar-refractivity contribution in [2.75, 3.05) is 27.2 Å². The van der Waals surface area contributed by atoms with Crippen LogP contribution < -0.4 is 14.7 Å². The molecule has 0 saturated carbocycles. The largest absolute Gasteiger partial charge is 0.550 e. The van der Waals surface area contributed by atoms with E-state index >= 15 is 0 Å². The first-order valence-electron chi connectivity index (χ1n) is 7.21. The Morgan fingerprint density at radius 2 is 2.05 bits per heavy atom. The van der Waals surface area contributed by atoms with Gasteiger partial charge >= 0.3 is 0 Å². The Morgan fingerprint density at radius 3 is 2.68 bits per heavy atom. The van der Waals surface area contributed by atoms with E-state index in [1.54, 1.807) is 5.38 Å². The Balaban J connectivity index is 1.91. The molecule has 0 spiro atoms. The summed E-state index contributed by atoms with van der Waals surface area (Å²) < 4.78 is 5.69. The lowest BCUT2D eigenvalue weighted by Crippen LogP contribution is -3.05. The summed E-state index contributed by atoms with van der Waals surface area (Å²) in [6.45, 7) is 1.79. The van der Waals surface area contributed by atoms with Crippen LogP contribution in [0.25, 0.3) is 10.6 Å². The summed E-state index contributed by atoms with van der Waals surface area (Å²) >= 11 is 1.43. The molecule has 22 heavy (non-hydrogen) atoms. The molecule has 0 atom stereocenters. The molecule has 0 aliphatic carbocycles. The highest BCUT2D eigenvalue weighted by Crippen LogP contribution is 2.25. The molecular weight excluding hydrogens is 300 g/mol. The van der Waals surface area contributed by atoms with Crippen LogP contribution in [0.1, 0.15) is 12.1 Å². The van der Waals surface area contributed by atoms with Gasteiger partial charge in [0.25, 0.3) is 0 Å². The summed E-state index contributed by atoms with van der Waals surface area (Å²) in [5.74, 6) is -0.274. The number of benzene rings is 1. The zero-order valence-electron chi connectivity index (χ0n) is 12.8. The summed E-state index contributed by atoms with van der Waals surface area (Å²) in [6, 6.07) is 7.71. The van der Waals surface area contributed by atoms with Gasteiger partial charge in [-0.3, -0.25) is 0 Å². The van der Waals surface area contributed by atoms with Crippen LogP contribution in [0.3, 0.4) is 0 Å². The number of aliphatic carboxylic acids is 1. The Kier molecular flexibility index (Phi) is 5.91. The van der Waals surface area contributed by atoms with Gasteiger partial charge in [-0.2, -0.15) is 0 Å². The van der Waals surface area contributed by atoms with Gasteiger partial charge in [-0.15, -0.1) is 11.3 Å². The first-order chi connectivity index (χ1) is 10.5. The first kappa shape index (κ1) is 16.5. The van der Waals surface area contributed by atoms with Crippen molar-refractivity contribution >= 4 is 17.3 Å². The summed E-state index contributed by atoms with van der Waals surface area (Å²) in [4.78, 5) is 16.3. The molecule has 0 fully saturated rings. The maximum absolute atomic E-state index is 10.6. The minimum absolute atomic E-state index is 0.147. The van der Waals surface area contributed by atoms with Crippen molar-refractivity contribution in [2.24, 2.45) is 0 Å². The van der Waals surface area contributed by atoms with E-state index in [1.165, 1.54) is 16.2 Å². The fraction of sp³-hybridized carbons (Fsp3) is 0.375. The maximum atomic E-state index is 10.6. The van der Waals surface area contributed by atoms with Gasteiger partial charge in [0.15, 0.2) is 0 Å². The van der Waals surface area contributed by atoms with Gasteiger partial charge in [-0.25, -0.2) is 4.98 Å². The van der Waals surface area contributed by atoms with E-state index < -0.39 is 5.97 Å². The van der Waals surface area contributed by atoms with Gasteiger partial charge in [-0.1, -0.05) is 0 Å². The van der Waals surface area contributed by atoms with Gasteiger partial charge < -0.3 is 19.5 Å². The zero-order valence-corrected chi connectivity index (χ0v) is 13.6. The van der Waals surface area contributed by atoms with E-state index in [0.29, 0.717) is 12.3 Å². The predicted molar refractivity (Wildman–Crippen MR) is 84.1 cm³/mol. The molecule has 0 bridgehead atoms. The molecule has 2 rings (SSSR count). The molecule has 1 N–H and O–H groups in total. The fourth-order valence-electron chi connectivity index (χ4n) is 1.98. The zero-order chi connectivity index (χ0) is 15.9. The van der Waals surface area contributed by atoms with Gasteiger partial charge in [0.2, 0.25) is 0 Å². The van der Waals surface area contributed by atoms with Crippen molar-refractivity contribution in [3.8, 4) is 16.3 Å². The van der Waals surface area contributed by atoms with Crippen molar-refractivity contribution in [2.45, 2.75) is 12.8 Å². The monoisotopic (exact) mass is 320 g/mol. The van der Waals surface area contributed by atoms with Crippen LogP contribution in [-0.4, -0.2) is 38.2 Å².